The van der Waals surface area contributed by atoms with E-state index in [4.69, 9.17) is 9.72 Å². The number of likely N-dealkylation sites (tertiary alicyclic amines) is 1. The second-order valence-electron chi connectivity index (χ2n) is 11.5. The maximum atomic E-state index is 13.6. The van der Waals surface area contributed by atoms with E-state index in [1.807, 2.05) is 34.7 Å². The molecule has 3 aliphatic carbocycles. The third-order valence-corrected chi connectivity index (χ3v) is 9.82. The largest absolute Gasteiger partial charge is 0.504 e. The summed E-state index contributed by atoms with van der Waals surface area (Å²) in [5, 5.41) is 23.7. The monoisotopic (exact) mass is 482 g/mol. The predicted octanol–water partition coefficient (Wildman–Crippen LogP) is 2.58. The summed E-state index contributed by atoms with van der Waals surface area (Å²) in [6.07, 6.45) is 3.55. The number of phenols is 1. The first-order chi connectivity index (χ1) is 17.5. The molecule has 1 spiro atoms. The number of aromatic amines is 1. The molecule has 8 heteroatoms. The first-order valence-electron chi connectivity index (χ1n) is 13.0. The molecule has 4 atom stereocenters. The summed E-state index contributed by atoms with van der Waals surface area (Å²) in [5.74, 6) is 1.74. The highest BCUT2D eigenvalue weighted by atomic mass is 16.5. The van der Waals surface area contributed by atoms with Gasteiger partial charge in [0, 0.05) is 30.1 Å². The van der Waals surface area contributed by atoms with Gasteiger partial charge in [-0.3, -0.25) is 19.1 Å². The molecule has 3 N–H and O–H groups in total. The molecule has 1 saturated heterocycles. The molecular weight excluding hydrogens is 456 g/mol. The number of aromatic nitrogens is 3. The summed E-state index contributed by atoms with van der Waals surface area (Å²) in [4.78, 5) is 23.7. The summed E-state index contributed by atoms with van der Waals surface area (Å²) in [5.41, 5.74) is 2.94. The Labute approximate surface area is 206 Å². The lowest BCUT2D eigenvalue weighted by Gasteiger charge is -2.62. The Balaban J connectivity index is 1.39. The van der Waals surface area contributed by atoms with E-state index in [1.54, 1.807) is 6.07 Å². The van der Waals surface area contributed by atoms with E-state index in [2.05, 4.69) is 9.88 Å². The number of rotatable bonds is 2. The van der Waals surface area contributed by atoms with E-state index in [-0.39, 0.29) is 23.8 Å². The lowest BCUT2D eigenvalue weighted by Crippen LogP contribution is -2.75. The van der Waals surface area contributed by atoms with Gasteiger partial charge in [-0.2, -0.15) is 0 Å². The number of phenolic OH excluding ortho intramolecular Hbond substituents is 1. The van der Waals surface area contributed by atoms with E-state index < -0.39 is 17.1 Å². The molecule has 9 rings (SSSR count). The standard InChI is InChI=1S/C28H26N4O4/c33-19-8-7-15-11-20-28(35)12-16-22(32-18-4-2-1-3-17(18)29-26(32)30-25(16)34)24-27(28,21(15)23(19)36-24)9-10-31(20)13-14-5-6-14/h1-4,7-8,14,20,24,33,35H,5-6,9-13H2,(H,29,30,34)/t20-,24+,27+,28-/m1/s1. The quantitative estimate of drug-likeness (QED) is 0.406. The van der Waals surface area contributed by atoms with Crippen molar-refractivity contribution in [3.8, 4) is 11.5 Å². The average molecular weight is 483 g/mol. The maximum Gasteiger partial charge on any atom is 0.255 e. The van der Waals surface area contributed by atoms with Crippen LogP contribution in [0.15, 0.2) is 41.2 Å². The highest BCUT2D eigenvalue weighted by molar-refractivity contribution is 5.80. The van der Waals surface area contributed by atoms with E-state index >= 15 is 0 Å². The molecule has 2 aromatic heterocycles. The van der Waals surface area contributed by atoms with E-state index in [0.29, 0.717) is 35.9 Å². The van der Waals surface area contributed by atoms with Gasteiger partial charge in [0.15, 0.2) is 17.6 Å². The maximum absolute atomic E-state index is 13.6. The van der Waals surface area contributed by atoms with Gasteiger partial charge in [0.2, 0.25) is 5.78 Å². The van der Waals surface area contributed by atoms with Crippen LogP contribution in [-0.4, -0.2) is 54.2 Å². The molecule has 2 aliphatic heterocycles. The number of ether oxygens (including phenoxy) is 1. The second-order valence-corrected chi connectivity index (χ2v) is 11.5. The van der Waals surface area contributed by atoms with Crippen molar-refractivity contribution >= 4 is 16.8 Å². The van der Waals surface area contributed by atoms with Crippen molar-refractivity contribution in [2.24, 2.45) is 5.92 Å². The highest BCUT2D eigenvalue weighted by Crippen LogP contribution is 2.68. The van der Waals surface area contributed by atoms with Crippen LogP contribution in [0.25, 0.3) is 16.8 Å². The normalized spacial score (nSPS) is 31.9. The number of H-pyrrole nitrogens is 1. The molecule has 2 aromatic carbocycles. The lowest BCUT2D eigenvalue weighted by atomic mass is 9.49. The smallest absolute Gasteiger partial charge is 0.255 e. The number of benzene rings is 2. The van der Waals surface area contributed by atoms with Crippen molar-refractivity contribution in [2.45, 2.75) is 55.3 Å². The summed E-state index contributed by atoms with van der Waals surface area (Å²) < 4.78 is 8.69. The Morgan fingerprint density at radius 3 is 2.92 bits per heavy atom. The Hall–Kier alpha value is -3.36. The van der Waals surface area contributed by atoms with Gasteiger partial charge in [0.25, 0.3) is 5.56 Å². The number of imidazole rings is 1. The molecule has 0 radical (unpaired) electrons. The van der Waals surface area contributed by atoms with Crippen molar-refractivity contribution in [1.29, 1.82) is 0 Å². The van der Waals surface area contributed by atoms with Crippen LogP contribution in [0.2, 0.25) is 0 Å². The molecule has 2 fully saturated rings. The molecule has 8 nitrogen and oxygen atoms in total. The zero-order valence-electron chi connectivity index (χ0n) is 19.7. The van der Waals surface area contributed by atoms with E-state index in [1.165, 1.54) is 12.8 Å². The van der Waals surface area contributed by atoms with Crippen molar-refractivity contribution in [3.05, 3.63) is 69.1 Å². The molecule has 4 aromatic rings. The number of piperidine rings is 1. The van der Waals surface area contributed by atoms with Crippen molar-refractivity contribution in [1.82, 2.24) is 19.3 Å². The highest BCUT2D eigenvalue weighted by Gasteiger charge is 2.73. The molecule has 36 heavy (non-hydrogen) atoms. The first kappa shape index (κ1) is 19.8. The fourth-order valence-electron chi connectivity index (χ4n) is 8.15. The van der Waals surface area contributed by atoms with Crippen molar-refractivity contribution in [2.75, 3.05) is 13.1 Å². The van der Waals surface area contributed by atoms with Crippen molar-refractivity contribution in [3.63, 3.8) is 0 Å². The van der Waals surface area contributed by atoms with Gasteiger partial charge >= 0.3 is 0 Å². The van der Waals surface area contributed by atoms with Gasteiger partial charge in [-0.1, -0.05) is 18.2 Å². The number of fused-ring (bicyclic) bond motifs is 6. The molecular formula is C28H26N4O4. The van der Waals surface area contributed by atoms with Gasteiger partial charge in [-0.05, 0) is 61.9 Å². The number of nitrogens with one attached hydrogen (secondary N) is 1. The topological polar surface area (TPSA) is 103 Å². The van der Waals surface area contributed by atoms with Crippen LogP contribution in [0.5, 0.6) is 11.5 Å². The summed E-state index contributed by atoms with van der Waals surface area (Å²) in [6.45, 7) is 1.85. The van der Waals surface area contributed by atoms with Crippen LogP contribution in [0.4, 0.5) is 0 Å². The number of hydrogen-bond acceptors (Lipinski definition) is 6. The van der Waals surface area contributed by atoms with Crippen LogP contribution in [0, 0.1) is 5.92 Å². The number of hydrogen-bond donors (Lipinski definition) is 3. The average Bonchev–Trinajstić information content (AvgIpc) is 3.49. The molecule has 0 unspecified atom stereocenters. The van der Waals surface area contributed by atoms with Crippen molar-refractivity contribution < 1.29 is 14.9 Å². The molecule has 5 aliphatic rings. The fraction of sp³-hybridized carbons (Fsp3) is 0.429. The minimum absolute atomic E-state index is 0.0943. The lowest BCUT2D eigenvalue weighted by molar-refractivity contribution is -0.174. The molecule has 1 saturated carbocycles. The van der Waals surface area contributed by atoms with Gasteiger partial charge in [-0.25, -0.2) is 4.98 Å². The zero-order chi connectivity index (χ0) is 24.0. The SMILES string of the molecule is O=c1[nH]c2nc3ccccc3n2c2c1C[C@@]1(O)[C@H]3Cc4ccc(O)c5c4[C@@]1(CCN3CC1CC1)[C@H]2O5. The minimum Gasteiger partial charge on any atom is -0.504 e. The Kier molecular flexibility index (Phi) is 3.37. The number of aliphatic hydroxyl groups is 1. The molecule has 4 heterocycles. The van der Waals surface area contributed by atoms with E-state index in [0.717, 1.165) is 40.9 Å². The zero-order valence-corrected chi connectivity index (χ0v) is 19.7. The Morgan fingerprint density at radius 1 is 1.19 bits per heavy atom. The molecule has 0 amide bonds. The van der Waals surface area contributed by atoms with Crippen LogP contribution in [-0.2, 0) is 18.3 Å². The van der Waals surface area contributed by atoms with Crippen LogP contribution >= 0.6 is 0 Å². The number of aromatic hydroxyl groups is 1. The molecule has 2 bridgehead atoms. The van der Waals surface area contributed by atoms with Gasteiger partial charge in [0.1, 0.15) is 0 Å². The van der Waals surface area contributed by atoms with Gasteiger partial charge in [0.05, 0.1) is 27.7 Å². The van der Waals surface area contributed by atoms with Gasteiger partial charge < -0.3 is 14.9 Å². The van der Waals surface area contributed by atoms with Crippen LogP contribution in [0.3, 0.4) is 0 Å². The summed E-state index contributed by atoms with van der Waals surface area (Å²) in [7, 11) is 0. The van der Waals surface area contributed by atoms with Crippen LogP contribution in [0.1, 0.15) is 47.8 Å². The molecule has 182 valence electrons. The number of para-hydroxylation sites is 2. The second kappa shape index (κ2) is 6.12. The van der Waals surface area contributed by atoms with E-state index in [9.17, 15) is 15.0 Å². The third kappa shape index (κ3) is 2.08. The van der Waals surface area contributed by atoms with Gasteiger partial charge in [-0.15, -0.1) is 0 Å². The minimum atomic E-state index is -1.18. The van der Waals surface area contributed by atoms with Crippen LogP contribution < -0.4 is 10.3 Å². The number of nitrogens with zero attached hydrogens (tertiary/aromatic N) is 3. The summed E-state index contributed by atoms with van der Waals surface area (Å²) in [6, 6.07) is 11.4. The summed E-state index contributed by atoms with van der Waals surface area (Å²) >= 11 is 0. The predicted molar refractivity (Wildman–Crippen MR) is 132 cm³/mol. The first-order valence-corrected chi connectivity index (χ1v) is 13.0. The Bertz CT molecular complexity index is 1700. The Morgan fingerprint density at radius 2 is 2.06 bits per heavy atom. The third-order valence-electron chi connectivity index (χ3n) is 9.82. The fourth-order valence-corrected chi connectivity index (χ4v) is 8.15.